The molecule has 0 radical (unpaired) electrons. The largest absolute Gasteiger partial charge is 0.480 e. The maximum Gasteiger partial charge on any atom is 0.320 e. The maximum absolute atomic E-state index is 11.2. The van der Waals surface area contributed by atoms with Crippen molar-refractivity contribution in [3.63, 3.8) is 0 Å². The summed E-state index contributed by atoms with van der Waals surface area (Å²) in [5.74, 6) is 0.614. The molecule has 1 N–H and O–H groups in total. The predicted molar refractivity (Wildman–Crippen MR) is 77.2 cm³/mol. The summed E-state index contributed by atoms with van der Waals surface area (Å²) in [6.45, 7) is 1.89. The van der Waals surface area contributed by atoms with Gasteiger partial charge in [-0.1, -0.05) is 28.1 Å². The third-order valence-electron chi connectivity index (χ3n) is 4.34. The molecule has 1 saturated heterocycles. The van der Waals surface area contributed by atoms with Crippen LogP contribution in [-0.2, 0) is 4.79 Å². The lowest BCUT2D eigenvalue weighted by molar-refractivity contribution is -0.142. The van der Waals surface area contributed by atoms with Gasteiger partial charge in [0.25, 0.3) is 0 Å². The van der Waals surface area contributed by atoms with Crippen LogP contribution in [0.3, 0.4) is 0 Å². The molecule has 2 aliphatic rings. The minimum absolute atomic E-state index is 0.244. The normalized spacial score (nSPS) is 30.5. The molecule has 3 nitrogen and oxygen atoms in total. The molecule has 1 aromatic carbocycles. The first-order valence-corrected chi connectivity index (χ1v) is 7.67. The van der Waals surface area contributed by atoms with Gasteiger partial charge in [-0.15, -0.1) is 0 Å². The van der Waals surface area contributed by atoms with Crippen molar-refractivity contribution in [2.45, 2.75) is 31.2 Å². The monoisotopic (exact) mass is 323 g/mol. The van der Waals surface area contributed by atoms with E-state index >= 15 is 0 Å². The van der Waals surface area contributed by atoms with Crippen molar-refractivity contribution in [2.24, 2.45) is 5.92 Å². The van der Waals surface area contributed by atoms with Crippen LogP contribution >= 0.6 is 15.9 Å². The Kier molecular flexibility index (Phi) is 3.63. The molecule has 102 valence electrons. The minimum atomic E-state index is -0.654. The Morgan fingerprint density at radius 3 is 2.79 bits per heavy atom. The molecule has 4 heteroatoms. The highest BCUT2D eigenvalue weighted by Crippen LogP contribution is 2.48. The number of hydrogen-bond acceptors (Lipinski definition) is 2. The summed E-state index contributed by atoms with van der Waals surface area (Å²) in [4.78, 5) is 13.3. The van der Waals surface area contributed by atoms with Gasteiger partial charge in [-0.25, -0.2) is 0 Å². The Morgan fingerprint density at radius 1 is 1.37 bits per heavy atom. The van der Waals surface area contributed by atoms with E-state index in [1.54, 1.807) is 0 Å². The van der Waals surface area contributed by atoms with Crippen molar-refractivity contribution in [3.05, 3.63) is 34.3 Å². The van der Waals surface area contributed by atoms with E-state index < -0.39 is 5.97 Å². The van der Waals surface area contributed by atoms with E-state index in [-0.39, 0.29) is 6.04 Å². The second-order valence-electron chi connectivity index (χ2n) is 5.65. The van der Waals surface area contributed by atoms with Crippen LogP contribution in [0.2, 0.25) is 0 Å². The number of hydrogen-bond donors (Lipinski definition) is 1. The number of benzene rings is 1. The molecule has 0 spiro atoms. The minimum Gasteiger partial charge on any atom is -0.480 e. The molecule has 19 heavy (non-hydrogen) atoms. The molecule has 3 rings (SSSR count). The van der Waals surface area contributed by atoms with E-state index in [9.17, 15) is 9.90 Å². The second kappa shape index (κ2) is 5.25. The number of halogens is 1. The summed E-state index contributed by atoms with van der Waals surface area (Å²) in [5.41, 5.74) is 1.39. The highest BCUT2D eigenvalue weighted by molar-refractivity contribution is 9.10. The van der Waals surface area contributed by atoms with Crippen LogP contribution in [0, 0.1) is 5.92 Å². The first-order chi connectivity index (χ1) is 9.15. The third-order valence-corrected chi connectivity index (χ3v) is 4.87. The molecular formula is C15H18BrNO2. The van der Waals surface area contributed by atoms with Crippen LogP contribution in [0.25, 0.3) is 0 Å². The van der Waals surface area contributed by atoms with Gasteiger partial charge in [0.05, 0.1) is 0 Å². The van der Waals surface area contributed by atoms with E-state index in [4.69, 9.17) is 0 Å². The van der Waals surface area contributed by atoms with Crippen molar-refractivity contribution in [1.82, 2.24) is 4.90 Å². The van der Waals surface area contributed by atoms with Crippen molar-refractivity contribution in [3.8, 4) is 0 Å². The highest BCUT2D eigenvalue weighted by atomic mass is 79.9. The molecule has 1 saturated carbocycles. The average Bonchev–Trinajstić information content (AvgIpc) is 2.97. The Bertz CT molecular complexity index is 474. The first-order valence-electron chi connectivity index (χ1n) is 6.87. The number of carboxylic acids is 1. The molecule has 1 aromatic rings. The molecule has 1 aliphatic heterocycles. The number of carbonyl (C=O) groups is 1. The lowest BCUT2D eigenvalue weighted by Crippen LogP contribution is -2.37. The number of rotatable bonds is 4. The number of likely N-dealkylation sites (tertiary alicyclic amines) is 1. The van der Waals surface area contributed by atoms with Gasteiger partial charge in [0, 0.05) is 11.0 Å². The van der Waals surface area contributed by atoms with Crippen LogP contribution in [0.15, 0.2) is 28.7 Å². The van der Waals surface area contributed by atoms with Gasteiger partial charge < -0.3 is 5.11 Å². The maximum atomic E-state index is 11.2. The van der Waals surface area contributed by atoms with Crippen molar-refractivity contribution in [2.75, 3.05) is 13.1 Å². The van der Waals surface area contributed by atoms with Crippen LogP contribution < -0.4 is 0 Å². The van der Waals surface area contributed by atoms with Gasteiger partial charge in [-0.05, 0) is 55.3 Å². The smallest absolute Gasteiger partial charge is 0.320 e. The Balaban J connectivity index is 1.58. The average molecular weight is 324 g/mol. The second-order valence-corrected chi connectivity index (χ2v) is 6.56. The molecule has 0 unspecified atom stereocenters. The van der Waals surface area contributed by atoms with Gasteiger partial charge in [0.15, 0.2) is 0 Å². The number of carboxylic acid groups (broad SMARTS) is 1. The molecule has 0 aromatic heterocycles. The predicted octanol–water partition coefficient (Wildman–Crippen LogP) is 3.10. The van der Waals surface area contributed by atoms with E-state index in [2.05, 4.69) is 45.1 Å². The summed E-state index contributed by atoms with van der Waals surface area (Å²) in [6, 6.07) is 8.27. The van der Waals surface area contributed by atoms with Crippen molar-refractivity contribution >= 4 is 21.9 Å². The lowest BCUT2D eigenvalue weighted by Gasteiger charge is -2.20. The van der Waals surface area contributed by atoms with Crippen LogP contribution in [0.5, 0.6) is 0 Å². The summed E-state index contributed by atoms with van der Waals surface area (Å²) in [7, 11) is 0. The quantitative estimate of drug-likeness (QED) is 0.925. The van der Waals surface area contributed by atoms with Gasteiger partial charge >= 0.3 is 5.97 Å². The summed E-state index contributed by atoms with van der Waals surface area (Å²) < 4.78 is 1.11. The number of nitrogens with zero attached hydrogens (tertiary/aromatic N) is 1. The molecule has 1 heterocycles. The topological polar surface area (TPSA) is 40.5 Å². The Hall–Kier alpha value is -0.870. The molecule has 1 aliphatic carbocycles. The fourth-order valence-corrected chi connectivity index (χ4v) is 3.46. The van der Waals surface area contributed by atoms with E-state index in [1.807, 2.05) is 0 Å². The molecule has 2 fully saturated rings. The SMILES string of the molecule is O=C(O)[C@@H]1CCCN1C[C@H]1C[C@@H]1c1ccc(Br)cc1. The Morgan fingerprint density at radius 2 is 2.11 bits per heavy atom. The fourth-order valence-electron chi connectivity index (χ4n) is 3.19. The van der Waals surface area contributed by atoms with E-state index in [0.29, 0.717) is 11.8 Å². The fraction of sp³-hybridized carbons (Fsp3) is 0.533. The standard InChI is InChI=1S/C15H18BrNO2/c16-12-5-3-10(4-6-12)13-8-11(13)9-17-7-1-2-14(17)15(18)19/h3-6,11,13-14H,1-2,7-9H2,(H,18,19)/t11-,13-,14+/m1/s1. The zero-order valence-electron chi connectivity index (χ0n) is 10.8. The van der Waals surface area contributed by atoms with Crippen LogP contribution in [-0.4, -0.2) is 35.1 Å². The van der Waals surface area contributed by atoms with Crippen molar-refractivity contribution < 1.29 is 9.90 Å². The van der Waals surface area contributed by atoms with Crippen LogP contribution in [0.4, 0.5) is 0 Å². The summed E-state index contributed by atoms with van der Waals surface area (Å²) in [6.07, 6.45) is 3.03. The molecule has 3 atom stereocenters. The van der Waals surface area contributed by atoms with Crippen LogP contribution in [0.1, 0.15) is 30.7 Å². The summed E-state index contributed by atoms with van der Waals surface area (Å²) in [5, 5.41) is 9.18. The molecular weight excluding hydrogens is 306 g/mol. The molecule has 0 bridgehead atoms. The zero-order chi connectivity index (χ0) is 13.4. The third kappa shape index (κ3) is 2.84. The van der Waals surface area contributed by atoms with E-state index in [0.717, 1.165) is 30.4 Å². The van der Waals surface area contributed by atoms with Crippen molar-refractivity contribution in [1.29, 1.82) is 0 Å². The van der Waals surface area contributed by atoms with Gasteiger partial charge in [-0.2, -0.15) is 0 Å². The first kappa shape index (κ1) is 13.1. The zero-order valence-corrected chi connectivity index (χ0v) is 12.3. The summed E-state index contributed by atoms with van der Waals surface area (Å²) >= 11 is 3.45. The Labute approximate surface area is 121 Å². The van der Waals surface area contributed by atoms with Gasteiger partial charge in [-0.3, -0.25) is 9.69 Å². The van der Waals surface area contributed by atoms with E-state index in [1.165, 1.54) is 12.0 Å². The number of aliphatic carboxylic acids is 1. The lowest BCUT2D eigenvalue weighted by atomic mass is 10.1. The molecule has 0 amide bonds. The highest BCUT2D eigenvalue weighted by Gasteiger charge is 2.42. The van der Waals surface area contributed by atoms with Gasteiger partial charge in [0.1, 0.15) is 6.04 Å². The van der Waals surface area contributed by atoms with Gasteiger partial charge in [0.2, 0.25) is 0 Å².